The molecule has 0 radical (unpaired) electrons. The average molecular weight is 365 g/mol. The Morgan fingerprint density at radius 2 is 1.95 bits per heavy atom. The number of carbonyl (C=O) groups is 1. The molecule has 2 rings (SSSR count). The van der Waals surface area contributed by atoms with Crippen LogP contribution < -0.4 is 5.32 Å². The quantitative estimate of drug-likeness (QED) is 0.806. The molecule has 0 saturated carbocycles. The van der Waals surface area contributed by atoms with Crippen molar-refractivity contribution in [3.8, 4) is 17.2 Å². The molecule has 0 saturated heterocycles. The van der Waals surface area contributed by atoms with E-state index in [9.17, 15) is 18.0 Å². The Kier molecular flexibility index (Phi) is 4.66. The summed E-state index contributed by atoms with van der Waals surface area (Å²) in [6.07, 6.45) is -5.03. The van der Waals surface area contributed by atoms with Gasteiger partial charge < -0.3 is 5.32 Å². The van der Waals surface area contributed by atoms with Crippen molar-refractivity contribution in [2.75, 3.05) is 5.32 Å². The molecule has 0 fully saturated rings. The number of hydrogen-bond acceptors (Lipinski definition) is 3. The van der Waals surface area contributed by atoms with Gasteiger partial charge in [-0.15, -0.1) is 11.3 Å². The monoisotopic (exact) mass is 364 g/mol. The summed E-state index contributed by atoms with van der Waals surface area (Å²) >= 11 is 12.6. The first-order chi connectivity index (χ1) is 10.2. The molecule has 2 aromatic rings. The molecule has 9 heteroatoms. The lowest BCUT2D eigenvalue weighted by molar-refractivity contribution is -0.167. The maximum absolute atomic E-state index is 12.3. The molecule has 0 atom stereocenters. The van der Waals surface area contributed by atoms with Gasteiger partial charge in [-0.1, -0.05) is 29.3 Å². The Morgan fingerprint density at radius 1 is 1.27 bits per heavy atom. The van der Waals surface area contributed by atoms with Crippen LogP contribution in [0.15, 0.2) is 23.6 Å². The van der Waals surface area contributed by atoms with E-state index in [0.717, 1.165) is 11.3 Å². The Balaban J connectivity index is 2.45. The molecule has 1 aromatic heterocycles. The molecule has 0 bridgehead atoms. The molecule has 3 nitrogen and oxygen atoms in total. The van der Waals surface area contributed by atoms with E-state index in [0.29, 0.717) is 16.1 Å². The minimum Gasteiger partial charge on any atom is -0.309 e. The lowest BCUT2D eigenvalue weighted by atomic mass is 10.0. The van der Waals surface area contributed by atoms with Gasteiger partial charge in [0.1, 0.15) is 11.1 Å². The van der Waals surface area contributed by atoms with Crippen molar-refractivity contribution in [1.29, 1.82) is 5.26 Å². The summed E-state index contributed by atoms with van der Waals surface area (Å²) in [4.78, 5) is 11.0. The normalized spacial score (nSPS) is 11.1. The highest BCUT2D eigenvalue weighted by molar-refractivity contribution is 7.15. The molecule has 0 spiro atoms. The first-order valence-electron chi connectivity index (χ1n) is 5.59. The highest BCUT2D eigenvalue weighted by Gasteiger charge is 2.39. The second-order valence-corrected chi connectivity index (χ2v) is 5.76. The molecule has 22 heavy (non-hydrogen) atoms. The van der Waals surface area contributed by atoms with Crippen LogP contribution in [0, 0.1) is 11.3 Å². The fourth-order valence-electron chi connectivity index (χ4n) is 1.64. The molecular weight excluding hydrogens is 360 g/mol. The predicted octanol–water partition coefficient (Wildman–Crippen LogP) is 5.09. The zero-order valence-corrected chi connectivity index (χ0v) is 12.8. The molecule has 1 amide bonds. The topological polar surface area (TPSA) is 52.9 Å². The number of carbonyl (C=O) groups excluding carboxylic acids is 1. The summed E-state index contributed by atoms with van der Waals surface area (Å²) in [6, 6.07) is 6.31. The van der Waals surface area contributed by atoms with Gasteiger partial charge in [-0.2, -0.15) is 18.4 Å². The van der Waals surface area contributed by atoms with E-state index in [1.807, 2.05) is 0 Å². The van der Waals surface area contributed by atoms with Gasteiger partial charge in [0.15, 0.2) is 0 Å². The van der Waals surface area contributed by atoms with Crippen molar-refractivity contribution in [2.24, 2.45) is 0 Å². The molecule has 1 N–H and O–H groups in total. The van der Waals surface area contributed by atoms with Crippen molar-refractivity contribution in [3.05, 3.63) is 39.2 Å². The second-order valence-electron chi connectivity index (χ2n) is 4.04. The van der Waals surface area contributed by atoms with Gasteiger partial charge in [-0.25, -0.2) is 0 Å². The zero-order chi connectivity index (χ0) is 16.5. The number of hydrogen-bond donors (Lipinski definition) is 1. The number of nitrogens with one attached hydrogen (secondary N) is 1. The zero-order valence-electron chi connectivity index (χ0n) is 10.5. The number of alkyl halides is 3. The summed E-state index contributed by atoms with van der Waals surface area (Å²) in [5.41, 5.74) is 0.671. The molecule has 114 valence electrons. The van der Waals surface area contributed by atoms with E-state index >= 15 is 0 Å². The third-order valence-corrected chi connectivity index (χ3v) is 4.05. The minimum absolute atomic E-state index is 0.0909. The van der Waals surface area contributed by atoms with Gasteiger partial charge in [0.25, 0.3) is 0 Å². The van der Waals surface area contributed by atoms with Gasteiger partial charge in [0.2, 0.25) is 0 Å². The summed E-state index contributed by atoms with van der Waals surface area (Å²) < 4.78 is 36.8. The van der Waals surface area contributed by atoms with E-state index in [4.69, 9.17) is 28.5 Å². The number of nitrogens with zero attached hydrogens (tertiary/aromatic N) is 1. The Bertz CT molecular complexity index is 781. The van der Waals surface area contributed by atoms with Crippen molar-refractivity contribution < 1.29 is 18.0 Å². The van der Waals surface area contributed by atoms with Gasteiger partial charge in [0.05, 0.1) is 5.56 Å². The molecule has 0 unspecified atom stereocenters. The SMILES string of the molecule is N#Cc1c(-c2ccc(Cl)cc2Cl)csc1NC(=O)C(F)(F)F. The van der Waals surface area contributed by atoms with E-state index < -0.39 is 12.1 Å². The number of halogens is 5. The Labute approximate surface area is 136 Å². The van der Waals surface area contributed by atoms with Crippen LogP contribution in [0.2, 0.25) is 10.0 Å². The van der Waals surface area contributed by atoms with Gasteiger partial charge in [-0.3, -0.25) is 4.79 Å². The van der Waals surface area contributed by atoms with Gasteiger partial charge >= 0.3 is 12.1 Å². The molecule has 0 aliphatic carbocycles. The maximum Gasteiger partial charge on any atom is 0.471 e. The molecule has 1 heterocycles. The van der Waals surface area contributed by atoms with Crippen LogP contribution >= 0.6 is 34.5 Å². The number of nitriles is 1. The third kappa shape index (κ3) is 3.35. The maximum atomic E-state index is 12.3. The van der Waals surface area contributed by atoms with Crippen molar-refractivity contribution in [1.82, 2.24) is 0 Å². The number of benzene rings is 1. The highest BCUT2D eigenvalue weighted by atomic mass is 35.5. The lowest BCUT2D eigenvalue weighted by Gasteiger charge is -2.07. The minimum atomic E-state index is -5.03. The van der Waals surface area contributed by atoms with Crippen molar-refractivity contribution in [3.63, 3.8) is 0 Å². The summed E-state index contributed by atoms with van der Waals surface area (Å²) in [5, 5.41) is 12.7. The summed E-state index contributed by atoms with van der Waals surface area (Å²) in [7, 11) is 0. The molecule has 0 aliphatic heterocycles. The van der Waals surface area contributed by atoms with E-state index in [2.05, 4.69) is 0 Å². The van der Waals surface area contributed by atoms with E-state index in [1.165, 1.54) is 17.5 Å². The first-order valence-corrected chi connectivity index (χ1v) is 7.22. The third-order valence-electron chi connectivity index (χ3n) is 2.61. The number of thiophene rings is 1. The number of anilines is 1. The van der Waals surface area contributed by atoms with Crippen LogP contribution in [-0.2, 0) is 4.79 Å². The second kappa shape index (κ2) is 6.16. The van der Waals surface area contributed by atoms with Crippen LogP contribution in [0.25, 0.3) is 11.1 Å². The van der Waals surface area contributed by atoms with Crippen molar-refractivity contribution >= 4 is 45.4 Å². The highest BCUT2D eigenvalue weighted by Crippen LogP contribution is 2.39. The first kappa shape index (κ1) is 16.6. The van der Waals surface area contributed by atoms with E-state index in [1.54, 1.807) is 17.5 Å². The van der Waals surface area contributed by atoms with Gasteiger partial charge in [-0.05, 0) is 12.1 Å². The molecular formula is C13H5Cl2F3N2OS. The van der Waals surface area contributed by atoms with Crippen LogP contribution in [-0.4, -0.2) is 12.1 Å². The number of rotatable bonds is 2. The Hall–Kier alpha value is -1.75. The lowest BCUT2D eigenvalue weighted by Crippen LogP contribution is -2.29. The van der Waals surface area contributed by atoms with Crippen LogP contribution in [0.1, 0.15) is 5.56 Å². The standard InChI is InChI=1S/C13H5Cl2F3N2OS/c14-6-1-2-7(10(15)3-6)9-5-22-11(8(9)4-19)20-12(21)13(16,17)18/h1-3,5H,(H,20,21). The smallest absolute Gasteiger partial charge is 0.309 e. The van der Waals surface area contributed by atoms with Gasteiger partial charge in [0, 0.05) is 26.6 Å². The Morgan fingerprint density at radius 3 is 2.50 bits per heavy atom. The van der Waals surface area contributed by atoms with Crippen LogP contribution in [0.3, 0.4) is 0 Å². The average Bonchev–Trinajstić information content (AvgIpc) is 2.80. The summed E-state index contributed by atoms with van der Waals surface area (Å²) in [6.45, 7) is 0. The predicted molar refractivity (Wildman–Crippen MR) is 79.2 cm³/mol. The van der Waals surface area contributed by atoms with Crippen LogP contribution in [0.5, 0.6) is 0 Å². The largest absolute Gasteiger partial charge is 0.471 e. The summed E-state index contributed by atoms with van der Waals surface area (Å²) in [5.74, 6) is -2.14. The van der Waals surface area contributed by atoms with Crippen LogP contribution in [0.4, 0.5) is 18.2 Å². The fraction of sp³-hybridized carbons (Fsp3) is 0.0769. The molecule has 1 aromatic carbocycles. The number of amides is 1. The fourth-order valence-corrected chi connectivity index (χ4v) is 3.06. The van der Waals surface area contributed by atoms with Crippen molar-refractivity contribution in [2.45, 2.75) is 6.18 Å². The molecule has 0 aliphatic rings. The van der Waals surface area contributed by atoms with E-state index in [-0.39, 0.29) is 15.6 Å².